The van der Waals surface area contributed by atoms with E-state index >= 15 is 0 Å². The van der Waals surface area contributed by atoms with Crippen LogP contribution in [0.15, 0.2) is 72.8 Å². The fraction of sp³-hybridized carbons (Fsp3) is 0.296. The van der Waals surface area contributed by atoms with Crippen molar-refractivity contribution in [2.24, 2.45) is 5.92 Å². The maximum atomic E-state index is 11.4. The Morgan fingerprint density at radius 1 is 1.06 bits per heavy atom. The molecular formula is C27H28ClNO4. The van der Waals surface area contributed by atoms with Crippen LogP contribution in [-0.4, -0.2) is 36.2 Å². The number of rotatable bonds is 8. The Morgan fingerprint density at radius 2 is 1.76 bits per heavy atom. The fourth-order valence-corrected chi connectivity index (χ4v) is 4.58. The summed E-state index contributed by atoms with van der Waals surface area (Å²) >= 11 is 6.36. The molecule has 1 aliphatic rings. The molecular weight excluding hydrogens is 438 g/mol. The largest absolute Gasteiger partial charge is 0.496 e. The zero-order valence-electron chi connectivity index (χ0n) is 18.6. The van der Waals surface area contributed by atoms with Crippen LogP contribution in [0.5, 0.6) is 11.5 Å². The minimum Gasteiger partial charge on any atom is -0.496 e. The Hall–Kier alpha value is -3.02. The molecule has 1 unspecified atom stereocenters. The van der Waals surface area contributed by atoms with Crippen LogP contribution >= 0.6 is 11.6 Å². The molecule has 1 N–H and O–H groups in total. The first-order valence-corrected chi connectivity index (χ1v) is 11.5. The van der Waals surface area contributed by atoms with Crippen molar-refractivity contribution in [3.63, 3.8) is 0 Å². The molecule has 1 heterocycles. The van der Waals surface area contributed by atoms with Crippen LogP contribution in [0, 0.1) is 5.92 Å². The van der Waals surface area contributed by atoms with Gasteiger partial charge in [-0.1, -0.05) is 54.1 Å². The second-order valence-corrected chi connectivity index (χ2v) is 8.72. The lowest BCUT2D eigenvalue weighted by Gasteiger charge is -2.37. The zero-order chi connectivity index (χ0) is 23.2. The van der Waals surface area contributed by atoms with Gasteiger partial charge in [-0.3, -0.25) is 9.69 Å². The van der Waals surface area contributed by atoms with Crippen molar-refractivity contribution in [1.82, 2.24) is 4.90 Å². The Kier molecular flexibility index (Phi) is 7.53. The van der Waals surface area contributed by atoms with E-state index in [1.807, 2.05) is 60.7 Å². The predicted octanol–water partition coefficient (Wildman–Crippen LogP) is 5.81. The smallest absolute Gasteiger partial charge is 0.306 e. The van der Waals surface area contributed by atoms with Crippen molar-refractivity contribution in [3.05, 3.63) is 94.5 Å². The van der Waals surface area contributed by atoms with Gasteiger partial charge in [0.25, 0.3) is 0 Å². The molecule has 1 aliphatic heterocycles. The summed E-state index contributed by atoms with van der Waals surface area (Å²) in [5, 5.41) is 10.0. The molecule has 0 bridgehead atoms. The highest BCUT2D eigenvalue weighted by molar-refractivity contribution is 6.30. The van der Waals surface area contributed by atoms with E-state index in [1.165, 1.54) is 0 Å². The molecule has 3 aromatic carbocycles. The van der Waals surface area contributed by atoms with Crippen LogP contribution < -0.4 is 9.47 Å². The van der Waals surface area contributed by atoms with Gasteiger partial charge in [-0.05, 0) is 67.4 Å². The fourth-order valence-electron chi connectivity index (χ4n) is 4.40. The van der Waals surface area contributed by atoms with E-state index in [2.05, 4.69) is 17.0 Å². The first-order valence-electron chi connectivity index (χ1n) is 11.1. The molecule has 4 rings (SSSR count). The van der Waals surface area contributed by atoms with Gasteiger partial charge in [-0.2, -0.15) is 0 Å². The number of halogens is 1. The van der Waals surface area contributed by atoms with Gasteiger partial charge in [0, 0.05) is 10.6 Å². The summed E-state index contributed by atoms with van der Waals surface area (Å²) in [6.45, 7) is 1.88. The number of likely N-dealkylation sites (tertiary alicyclic amines) is 1. The number of carboxylic acids is 1. The first-order chi connectivity index (χ1) is 16.0. The van der Waals surface area contributed by atoms with Gasteiger partial charge in [0.1, 0.15) is 18.1 Å². The van der Waals surface area contributed by atoms with Gasteiger partial charge in [0.15, 0.2) is 0 Å². The molecule has 0 radical (unpaired) electrons. The van der Waals surface area contributed by atoms with Crippen LogP contribution in [-0.2, 0) is 11.4 Å². The van der Waals surface area contributed by atoms with Crippen molar-refractivity contribution < 1.29 is 19.4 Å². The van der Waals surface area contributed by atoms with E-state index in [9.17, 15) is 9.90 Å². The normalized spacial score (nSPS) is 15.7. The molecule has 1 atom stereocenters. The van der Waals surface area contributed by atoms with Crippen molar-refractivity contribution in [1.29, 1.82) is 0 Å². The third-order valence-electron chi connectivity index (χ3n) is 6.17. The van der Waals surface area contributed by atoms with Crippen molar-refractivity contribution in [2.75, 3.05) is 20.2 Å². The Balaban J connectivity index is 1.59. The molecule has 0 amide bonds. The van der Waals surface area contributed by atoms with E-state index in [1.54, 1.807) is 7.11 Å². The first kappa shape index (κ1) is 23.1. The molecule has 0 aromatic heterocycles. The lowest BCUT2D eigenvalue weighted by molar-refractivity contribution is -0.143. The number of methoxy groups -OCH3 is 1. The minimum atomic E-state index is -0.716. The standard InChI is InChI=1S/C27H28ClNO4/c1-32-25-12-9-22(28)17-24(25)26(29-15-13-21(14-16-29)27(30)31)20-7-10-23(11-8-20)33-18-19-5-3-2-4-6-19/h2-12,17,21,26H,13-16,18H2,1H3,(H,30,31). The van der Waals surface area contributed by atoms with E-state index in [-0.39, 0.29) is 12.0 Å². The van der Waals surface area contributed by atoms with Crippen LogP contribution in [0.1, 0.15) is 35.6 Å². The Morgan fingerprint density at radius 3 is 2.39 bits per heavy atom. The van der Waals surface area contributed by atoms with E-state index in [0.29, 0.717) is 37.6 Å². The van der Waals surface area contributed by atoms with Crippen LogP contribution in [0.25, 0.3) is 0 Å². The highest BCUT2D eigenvalue weighted by Crippen LogP contribution is 2.39. The minimum absolute atomic E-state index is 0.100. The average molecular weight is 466 g/mol. The van der Waals surface area contributed by atoms with Gasteiger partial charge in [0.05, 0.1) is 19.1 Å². The number of carboxylic acid groups (broad SMARTS) is 1. The van der Waals surface area contributed by atoms with Crippen LogP contribution in [0.4, 0.5) is 0 Å². The molecule has 1 fully saturated rings. The Bertz CT molecular complexity index is 1060. The van der Waals surface area contributed by atoms with E-state index in [0.717, 1.165) is 28.2 Å². The van der Waals surface area contributed by atoms with Gasteiger partial charge in [-0.25, -0.2) is 0 Å². The predicted molar refractivity (Wildman–Crippen MR) is 129 cm³/mol. The Labute approximate surface area is 199 Å². The lowest BCUT2D eigenvalue weighted by atomic mass is 9.91. The summed E-state index contributed by atoms with van der Waals surface area (Å²) in [6.07, 6.45) is 1.24. The average Bonchev–Trinajstić information content (AvgIpc) is 2.85. The highest BCUT2D eigenvalue weighted by atomic mass is 35.5. The number of aliphatic carboxylic acids is 1. The second-order valence-electron chi connectivity index (χ2n) is 8.28. The summed E-state index contributed by atoms with van der Waals surface area (Å²) in [5.41, 5.74) is 3.16. The molecule has 6 heteroatoms. The summed E-state index contributed by atoms with van der Waals surface area (Å²) in [7, 11) is 1.65. The number of benzene rings is 3. The molecule has 172 valence electrons. The van der Waals surface area contributed by atoms with Crippen molar-refractivity contribution in [3.8, 4) is 11.5 Å². The summed E-state index contributed by atoms with van der Waals surface area (Å²) < 4.78 is 11.6. The molecule has 0 aliphatic carbocycles. The molecule has 3 aromatic rings. The molecule has 5 nitrogen and oxygen atoms in total. The highest BCUT2D eigenvalue weighted by Gasteiger charge is 2.31. The zero-order valence-corrected chi connectivity index (χ0v) is 19.4. The van der Waals surface area contributed by atoms with Crippen molar-refractivity contribution in [2.45, 2.75) is 25.5 Å². The number of piperidine rings is 1. The number of ether oxygens (including phenoxy) is 2. The summed E-state index contributed by atoms with van der Waals surface area (Å²) in [6, 6.07) is 23.7. The van der Waals surface area contributed by atoms with Crippen LogP contribution in [0.2, 0.25) is 5.02 Å². The molecule has 33 heavy (non-hydrogen) atoms. The second kappa shape index (κ2) is 10.7. The maximum Gasteiger partial charge on any atom is 0.306 e. The number of hydrogen-bond acceptors (Lipinski definition) is 4. The summed E-state index contributed by atoms with van der Waals surface area (Å²) in [4.78, 5) is 13.8. The van der Waals surface area contributed by atoms with Crippen molar-refractivity contribution >= 4 is 17.6 Å². The number of hydrogen-bond donors (Lipinski definition) is 1. The van der Waals surface area contributed by atoms with E-state index in [4.69, 9.17) is 21.1 Å². The van der Waals surface area contributed by atoms with Gasteiger partial charge >= 0.3 is 5.97 Å². The number of nitrogens with zero attached hydrogens (tertiary/aromatic N) is 1. The quantitative estimate of drug-likeness (QED) is 0.454. The van der Waals surface area contributed by atoms with Gasteiger partial charge in [0.2, 0.25) is 0 Å². The maximum absolute atomic E-state index is 11.4. The van der Waals surface area contributed by atoms with Gasteiger partial charge < -0.3 is 14.6 Å². The molecule has 1 saturated heterocycles. The lowest BCUT2D eigenvalue weighted by Crippen LogP contribution is -2.39. The third kappa shape index (κ3) is 5.67. The van der Waals surface area contributed by atoms with Gasteiger partial charge in [-0.15, -0.1) is 0 Å². The number of carbonyl (C=O) groups is 1. The van der Waals surface area contributed by atoms with E-state index < -0.39 is 5.97 Å². The molecule has 0 spiro atoms. The SMILES string of the molecule is COc1ccc(Cl)cc1C(c1ccc(OCc2ccccc2)cc1)N1CCC(C(=O)O)CC1. The topological polar surface area (TPSA) is 59.0 Å². The summed E-state index contributed by atoms with van der Waals surface area (Å²) in [5.74, 6) is 0.543. The third-order valence-corrected chi connectivity index (χ3v) is 6.41. The molecule has 0 saturated carbocycles. The van der Waals surface area contributed by atoms with Crippen LogP contribution in [0.3, 0.4) is 0 Å². The monoisotopic (exact) mass is 465 g/mol.